The molecule has 202 valence electrons. The maximum Gasteiger partial charge on any atom is 0.348 e. The molecule has 0 saturated heterocycles. The van der Waals surface area contributed by atoms with E-state index in [1.807, 2.05) is 12.1 Å². The number of hydrogen-bond donors (Lipinski definition) is 0. The van der Waals surface area contributed by atoms with E-state index in [9.17, 15) is 19.6 Å². The summed E-state index contributed by atoms with van der Waals surface area (Å²) in [6.07, 6.45) is 1.21. The lowest BCUT2D eigenvalue weighted by Crippen LogP contribution is -2.12. The molecule has 10 heteroatoms. The van der Waals surface area contributed by atoms with Crippen molar-refractivity contribution in [1.29, 1.82) is 5.26 Å². The van der Waals surface area contributed by atoms with Crippen LogP contribution in [0.25, 0.3) is 6.08 Å². The third-order valence-electron chi connectivity index (χ3n) is 5.48. The standard InChI is InChI=1S/C29H25Cl2NO6S/c1-4-36-28(34)26-17(3)27(29(35)37-5-2)39-25(26)14-24(33)20(15-32)12-18-6-9-21(10-7-18)38-16-19-8-11-22(30)23(31)13-19/h6-13H,4-5,14,16H2,1-3H3. The highest BCUT2D eigenvalue weighted by Gasteiger charge is 2.28. The van der Waals surface area contributed by atoms with Crippen LogP contribution in [0.2, 0.25) is 10.0 Å². The Kier molecular flexibility index (Phi) is 10.7. The van der Waals surface area contributed by atoms with Gasteiger partial charge in [-0.1, -0.05) is 41.4 Å². The van der Waals surface area contributed by atoms with Gasteiger partial charge in [-0.05, 0) is 67.8 Å². The van der Waals surface area contributed by atoms with Crippen LogP contribution in [0.5, 0.6) is 5.75 Å². The summed E-state index contributed by atoms with van der Waals surface area (Å²) in [5.41, 5.74) is 1.90. The molecular weight excluding hydrogens is 561 g/mol. The van der Waals surface area contributed by atoms with Gasteiger partial charge in [0.05, 0.1) is 34.4 Å². The lowest BCUT2D eigenvalue weighted by molar-refractivity contribution is -0.114. The third-order valence-corrected chi connectivity index (χ3v) is 7.49. The molecule has 0 fully saturated rings. The van der Waals surface area contributed by atoms with Gasteiger partial charge in [0, 0.05) is 11.3 Å². The molecule has 0 aliphatic carbocycles. The van der Waals surface area contributed by atoms with Crippen LogP contribution in [-0.4, -0.2) is 30.9 Å². The van der Waals surface area contributed by atoms with E-state index in [0.29, 0.717) is 31.8 Å². The van der Waals surface area contributed by atoms with E-state index in [0.717, 1.165) is 16.9 Å². The van der Waals surface area contributed by atoms with Gasteiger partial charge in [0.25, 0.3) is 0 Å². The van der Waals surface area contributed by atoms with Crippen molar-refractivity contribution >= 4 is 58.3 Å². The fraction of sp³-hybridized carbons (Fsp3) is 0.241. The molecule has 1 heterocycles. The van der Waals surface area contributed by atoms with E-state index in [4.69, 9.17) is 37.4 Å². The van der Waals surface area contributed by atoms with E-state index in [1.165, 1.54) is 6.08 Å². The minimum absolute atomic E-state index is 0.0991. The minimum atomic E-state index is -0.636. The number of carbonyl (C=O) groups is 3. The fourth-order valence-corrected chi connectivity index (χ4v) is 5.10. The summed E-state index contributed by atoms with van der Waals surface area (Å²) in [6.45, 7) is 5.53. The molecule has 3 aromatic rings. The number of nitrogens with zero attached hydrogens (tertiary/aromatic N) is 1. The van der Waals surface area contributed by atoms with Crippen molar-refractivity contribution in [1.82, 2.24) is 0 Å². The van der Waals surface area contributed by atoms with Gasteiger partial charge in [-0.2, -0.15) is 5.26 Å². The van der Waals surface area contributed by atoms with E-state index in [-0.39, 0.29) is 42.3 Å². The Hall–Kier alpha value is -3.64. The molecule has 39 heavy (non-hydrogen) atoms. The predicted molar refractivity (Wildman–Crippen MR) is 151 cm³/mol. The fourth-order valence-electron chi connectivity index (χ4n) is 3.60. The van der Waals surface area contributed by atoms with Crippen LogP contribution in [0.1, 0.15) is 55.4 Å². The van der Waals surface area contributed by atoms with Crippen molar-refractivity contribution in [3.8, 4) is 11.8 Å². The molecule has 0 aliphatic rings. The molecule has 0 amide bonds. The lowest BCUT2D eigenvalue weighted by Gasteiger charge is -2.08. The Morgan fingerprint density at radius 3 is 2.26 bits per heavy atom. The smallest absolute Gasteiger partial charge is 0.348 e. The Balaban J connectivity index is 1.77. The molecule has 0 unspecified atom stereocenters. The Labute approximate surface area is 240 Å². The van der Waals surface area contributed by atoms with E-state index >= 15 is 0 Å². The van der Waals surface area contributed by atoms with Crippen LogP contribution < -0.4 is 4.74 Å². The minimum Gasteiger partial charge on any atom is -0.489 e. The molecule has 3 rings (SSSR count). The van der Waals surface area contributed by atoms with Crippen molar-refractivity contribution in [3.05, 3.63) is 90.1 Å². The first-order chi connectivity index (χ1) is 18.7. The largest absolute Gasteiger partial charge is 0.489 e. The van der Waals surface area contributed by atoms with Crippen molar-refractivity contribution in [2.45, 2.75) is 33.8 Å². The zero-order chi connectivity index (χ0) is 28.5. The SMILES string of the molecule is CCOC(=O)c1sc(CC(=O)C(C#N)=Cc2ccc(OCc3ccc(Cl)c(Cl)c3)cc2)c(C(=O)OCC)c1C. The molecule has 1 aromatic heterocycles. The maximum absolute atomic E-state index is 13.1. The topological polar surface area (TPSA) is 103 Å². The third kappa shape index (κ3) is 7.70. The molecule has 2 aromatic carbocycles. The number of hydrogen-bond acceptors (Lipinski definition) is 8. The molecule has 0 N–H and O–H groups in total. The Bertz CT molecular complexity index is 1450. The van der Waals surface area contributed by atoms with Crippen LogP contribution in [0.15, 0.2) is 48.0 Å². The number of thiophene rings is 1. The number of rotatable bonds is 11. The normalized spacial score (nSPS) is 11.0. The highest BCUT2D eigenvalue weighted by atomic mass is 35.5. The van der Waals surface area contributed by atoms with Gasteiger partial charge in [-0.25, -0.2) is 9.59 Å². The molecule has 7 nitrogen and oxygen atoms in total. The predicted octanol–water partition coefficient (Wildman–Crippen LogP) is 7.01. The number of allylic oxidation sites excluding steroid dienone is 1. The highest BCUT2D eigenvalue weighted by Crippen LogP contribution is 2.31. The van der Waals surface area contributed by atoms with E-state index in [2.05, 4.69) is 0 Å². The molecule has 0 aliphatic heterocycles. The summed E-state index contributed by atoms with van der Waals surface area (Å²) >= 11 is 13.0. The van der Waals surface area contributed by atoms with Gasteiger partial charge >= 0.3 is 11.9 Å². The number of ketones is 1. The molecule has 0 atom stereocenters. The van der Waals surface area contributed by atoms with Crippen LogP contribution >= 0.6 is 34.5 Å². The summed E-state index contributed by atoms with van der Waals surface area (Å²) in [4.78, 5) is 38.6. The highest BCUT2D eigenvalue weighted by molar-refractivity contribution is 7.14. The summed E-state index contributed by atoms with van der Waals surface area (Å²) in [5.74, 6) is -1.13. The number of esters is 2. The van der Waals surface area contributed by atoms with Gasteiger partial charge in [0.15, 0.2) is 5.78 Å². The molecule has 0 spiro atoms. The summed E-state index contributed by atoms with van der Waals surface area (Å²) < 4.78 is 16.0. The summed E-state index contributed by atoms with van der Waals surface area (Å²) in [6, 6.07) is 14.0. The van der Waals surface area contributed by atoms with Crippen molar-refractivity contribution in [3.63, 3.8) is 0 Å². The van der Waals surface area contributed by atoms with E-state index < -0.39 is 17.7 Å². The van der Waals surface area contributed by atoms with Gasteiger partial charge in [-0.3, -0.25) is 4.79 Å². The second-order valence-electron chi connectivity index (χ2n) is 8.17. The zero-order valence-corrected chi connectivity index (χ0v) is 23.8. The lowest BCUT2D eigenvalue weighted by atomic mass is 10.0. The van der Waals surface area contributed by atoms with Crippen LogP contribution in [-0.2, 0) is 27.3 Å². The van der Waals surface area contributed by atoms with E-state index in [1.54, 1.807) is 57.2 Å². The first-order valence-corrected chi connectivity index (χ1v) is 13.5. The second kappa shape index (κ2) is 13.9. The number of carbonyl (C=O) groups excluding carboxylic acids is 3. The maximum atomic E-state index is 13.1. The summed E-state index contributed by atoms with van der Waals surface area (Å²) in [5, 5.41) is 10.6. The zero-order valence-electron chi connectivity index (χ0n) is 21.5. The average Bonchev–Trinajstić information content (AvgIpc) is 3.24. The number of benzene rings is 2. The quantitative estimate of drug-likeness (QED) is 0.135. The van der Waals surface area contributed by atoms with Crippen LogP contribution in [0, 0.1) is 18.3 Å². The number of Topliss-reactive ketones (excluding diaryl/α,β-unsaturated/α-hetero) is 1. The van der Waals surface area contributed by atoms with Gasteiger partial charge in [0.1, 0.15) is 23.3 Å². The van der Waals surface area contributed by atoms with Gasteiger partial charge in [-0.15, -0.1) is 11.3 Å². The van der Waals surface area contributed by atoms with Crippen molar-refractivity contribution < 1.29 is 28.6 Å². The van der Waals surface area contributed by atoms with Gasteiger partial charge < -0.3 is 14.2 Å². The monoisotopic (exact) mass is 585 g/mol. The number of halogens is 2. The van der Waals surface area contributed by atoms with Crippen LogP contribution in [0.3, 0.4) is 0 Å². The molecule has 0 bridgehead atoms. The molecular formula is C29H25Cl2NO6S. The Morgan fingerprint density at radius 1 is 0.974 bits per heavy atom. The second-order valence-corrected chi connectivity index (χ2v) is 10.1. The Morgan fingerprint density at radius 2 is 1.64 bits per heavy atom. The van der Waals surface area contributed by atoms with Gasteiger partial charge in [0.2, 0.25) is 0 Å². The van der Waals surface area contributed by atoms with Crippen molar-refractivity contribution in [2.24, 2.45) is 0 Å². The first kappa shape index (κ1) is 29.9. The van der Waals surface area contributed by atoms with Crippen LogP contribution in [0.4, 0.5) is 0 Å². The number of ether oxygens (including phenoxy) is 3. The van der Waals surface area contributed by atoms with Crippen molar-refractivity contribution in [2.75, 3.05) is 13.2 Å². The first-order valence-electron chi connectivity index (χ1n) is 12.0. The number of nitriles is 1. The molecule has 0 radical (unpaired) electrons. The average molecular weight is 586 g/mol. The molecule has 0 saturated carbocycles. The summed E-state index contributed by atoms with van der Waals surface area (Å²) in [7, 11) is 0.